The number of benzene rings is 1. The van der Waals surface area contributed by atoms with Crippen molar-refractivity contribution in [2.24, 2.45) is 5.92 Å². The molecule has 5 rings (SSSR count). The van der Waals surface area contributed by atoms with E-state index in [1.54, 1.807) is 28.4 Å². The van der Waals surface area contributed by atoms with E-state index in [0.29, 0.717) is 18.2 Å². The predicted octanol–water partition coefficient (Wildman–Crippen LogP) is 5.51. The average Bonchev–Trinajstić information content (AvgIpc) is 3.38. The molecule has 1 aromatic carbocycles. The molecule has 1 aliphatic carbocycles. The fraction of sp³-hybridized carbons (Fsp3) is 0.481. The van der Waals surface area contributed by atoms with Crippen molar-refractivity contribution >= 4 is 33.4 Å². The molecule has 0 radical (unpaired) electrons. The standard InChI is InChI=1S/C27H32FN3O2S/c1-4-21-13-22-24(34-21)14-23-25(32)31(15-18-7-9-19(28)10-8-18)27(3,16-30(22)23)26(33)29-20-11-5-17(2)6-12-20/h7-10,13-14,17,20H,4-6,11-12,15-16H2,1-3H3,(H,29,33)/t17?,20?,27-/m0/s1. The van der Waals surface area contributed by atoms with Gasteiger partial charge >= 0.3 is 0 Å². The Kier molecular flexibility index (Phi) is 6.00. The number of aryl methyl sites for hydroxylation is 1. The van der Waals surface area contributed by atoms with Crippen LogP contribution in [0.25, 0.3) is 10.2 Å². The highest BCUT2D eigenvalue weighted by atomic mass is 32.1. The lowest BCUT2D eigenvalue weighted by Gasteiger charge is -2.45. The minimum absolute atomic E-state index is 0.110. The van der Waals surface area contributed by atoms with Gasteiger partial charge in [0.15, 0.2) is 0 Å². The summed E-state index contributed by atoms with van der Waals surface area (Å²) in [5.74, 6) is 0.103. The molecule has 5 nitrogen and oxygen atoms in total. The molecule has 1 aliphatic heterocycles. The second-order valence-corrected chi connectivity index (χ2v) is 11.3. The average molecular weight is 482 g/mol. The second-order valence-electron chi connectivity index (χ2n) is 10.2. The van der Waals surface area contributed by atoms with Crippen LogP contribution in [0, 0.1) is 11.7 Å². The monoisotopic (exact) mass is 481 g/mol. The maximum Gasteiger partial charge on any atom is 0.271 e. The Morgan fingerprint density at radius 1 is 1.18 bits per heavy atom. The predicted molar refractivity (Wildman–Crippen MR) is 133 cm³/mol. The van der Waals surface area contributed by atoms with Crippen molar-refractivity contribution in [2.75, 3.05) is 0 Å². The van der Waals surface area contributed by atoms with E-state index in [1.165, 1.54) is 17.0 Å². The molecule has 0 spiro atoms. The van der Waals surface area contributed by atoms with Gasteiger partial charge in [0, 0.05) is 17.5 Å². The van der Waals surface area contributed by atoms with Gasteiger partial charge in [-0.2, -0.15) is 0 Å². The Morgan fingerprint density at radius 2 is 1.88 bits per heavy atom. The first kappa shape index (κ1) is 23.1. The Morgan fingerprint density at radius 3 is 2.56 bits per heavy atom. The van der Waals surface area contributed by atoms with Crippen molar-refractivity contribution in [2.45, 2.75) is 77.5 Å². The molecule has 2 aromatic heterocycles. The van der Waals surface area contributed by atoms with E-state index in [9.17, 15) is 14.0 Å². The number of aromatic nitrogens is 1. The number of nitrogens with one attached hydrogen (secondary N) is 1. The van der Waals surface area contributed by atoms with Crippen LogP contribution in [0.4, 0.5) is 4.39 Å². The summed E-state index contributed by atoms with van der Waals surface area (Å²) in [6.07, 6.45) is 5.10. The van der Waals surface area contributed by atoms with Gasteiger partial charge in [0.25, 0.3) is 5.91 Å². The molecule has 2 aliphatic rings. The molecule has 0 unspecified atom stereocenters. The van der Waals surface area contributed by atoms with Gasteiger partial charge in [-0.1, -0.05) is 26.0 Å². The summed E-state index contributed by atoms with van der Waals surface area (Å²) in [6, 6.07) is 10.4. The summed E-state index contributed by atoms with van der Waals surface area (Å²) in [4.78, 5) is 30.6. The smallest absolute Gasteiger partial charge is 0.271 e. The summed E-state index contributed by atoms with van der Waals surface area (Å²) in [6.45, 7) is 6.91. The molecule has 7 heteroatoms. The molecule has 180 valence electrons. The molecule has 0 saturated heterocycles. The van der Waals surface area contributed by atoms with Crippen molar-refractivity contribution < 1.29 is 14.0 Å². The molecule has 34 heavy (non-hydrogen) atoms. The molecule has 3 aromatic rings. The number of thiophene rings is 1. The first-order valence-corrected chi connectivity index (χ1v) is 13.1. The number of carbonyl (C=O) groups excluding carboxylic acids is 2. The van der Waals surface area contributed by atoms with Crippen LogP contribution in [-0.2, 0) is 24.3 Å². The number of hydrogen-bond acceptors (Lipinski definition) is 3. The number of hydrogen-bond donors (Lipinski definition) is 1. The first-order chi connectivity index (χ1) is 16.3. The van der Waals surface area contributed by atoms with Crippen LogP contribution in [0.3, 0.4) is 0 Å². The van der Waals surface area contributed by atoms with Gasteiger partial charge in [0.2, 0.25) is 5.91 Å². The van der Waals surface area contributed by atoms with E-state index >= 15 is 0 Å². The zero-order valence-corrected chi connectivity index (χ0v) is 20.9. The second kappa shape index (κ2) is 8.84. The third-order valence-electron chi connectivity index (χ3n) is 7.61. The number of halogens is 1. The molecule has 1 atom stereocenters. The third kappa shape index (κ3) is 4.04. The number of fused-ring (bicyclic) bond motifs is 3. The third-order valence-corrected chi connectivity index (χ3v) is 8.82. The maximum absolute atomic E-state index is 13.8. The van der Waals surface area contributed by atoms with E-state index in [-0.39, 0.29) is 30.2 Å². The lowest BCUT2D eigenvalue weighted by molar-refractivity contribution is -0.134. The quantitative estimate of drug-likeness (QED) is 0.522. The van der Waals surface area contributed by atoms with Gasteiger partial charge in [-0.15, -0.1) is 11.3 Å². The molecule has 1 fully saturated rings. The molecular weight excluding hydrogens is 449 g/mol. The SMILES string of the molecule is CCc1cc2c(cc3n2C[C@@](C)(C(=O)NC2CCC(C)CC2)N(Cc2ccc(F)cc2)C3=O)s1. The lowest BCUT2D eigenvalue weighted by atomic mass is 9.86. The molecule has 0 bridgehead atoms. The summed E-state index contributed by atoms with van der Waals surface area (Å²) >= 11 is 1.70. The normalized spacial score (nSPS) is 24.9. The van der Waals surface area contributed by atoms with Crippen LogP contribution in [0.5, 0.6) is 0 Å². The van der Waals surface area contributed by atoms with Gasteiger partial charge in [0.1, 0.15) is 17.1 Å². The summed E-state index contributed by atoms with van der Waals surface area (Å²) in [5.41, 5.74) is 1.39. The van der Waals surface area contributed by atoms with Crippen LogP contribution in [0.2, 0.25) is 0 Å². The summed E-state index contributed by atoms with van der Waals surface area (Å²) in [5, 5.41) is 3.28. The Balaban J connectivity index is 1.51. The molecule has 1 N–H and O–H groups in total. The number of amides is 2. The van der Waals surface area contributed by atoms with E-state index in [2.05, 4.69) is 25.2 Å². The fourth-order valence-corrected chi connectivity index (χ4v) is 6.37. The number of carbonyl (C=O) groups is 2. The lowest BCUT2D eigenvalue weighted by Crippen LogP contribution is -2.64. The van der Waals surface area contributed by atoms with Crippen molar-refractivity contribution in [1.82, 2.24) is 14.8 Å². The minimum Gasteiger partial charge on any atom is -0.351 e. The molecule has 2 amide bonds. The van der Waals surface area contributed by atoms with Gasteiger partial charge in [-0.3, -0.25) is 9.59 Å². The molecule has 1 saturated carbocycles. The van der Waals surface area contributed by atoms with Gasteiger partial charge in [0.05, 0.1) is 16.8 Å². The zero-order chi connectivity index (χ0) is 24.0. The zero-order valence-electron chi connectivity index (χ0n) is 20.1. The van der Waals surface area contributed by atoms with Crippen molar-refractivity contribution in [3.05, 3.63) is 58.3 Å². The minimum atomic E-state index is -1.05. The maximum atomic E-state index is 13.8. The van der Waals surface area contributed by atoms with Crippen molar-refractivity contribution in [3.63, 3.8) is 0 Å². The number of rotatable bonds is 5. The Labute approximate surface area is 203 Å². The van der Waals surface area contributed by atoms with Crippen LogP contribution in [0.15, 0.2) is 36.4 Å². The van der Waals surface area contributed by atoms with Crippen LogP contribution in [-0.4, -0.2) is 32.9 Å². The van der Waals surface area contributed by atoms with Crippen LogP contribution >= 0.6 is 11.3 Å². The Hall–Kier alpha value is -2.67. The summed E-state index contributed by atoms with van der Waals surface area (Å²) < 4.78 is 16.6. The fourth-order valence-electron chi connectivity index (χ4n) is 5.33. The molecule has 3 heterocycles. The van der Waals surface area contributed by atoms with Crippen molar-refractivity contribution in [1.29, 1.82) is 0 Å². The largest absolute Gasteiger partial charge is 0.351 e. The van der Waals surface area contributed by atoms with E-state index in [1.807, 2.05) is 17.6 Å². The van der Waals surface area contributed by atoms with Crippen molar-refractivity contribution in [3.8, 4) is 0 Å². The highest BCUT2D eigenvalue weighted by Crippen LogP contribution is 2.37. The van der Waals surface area contributed by atoms with E-state index < -0.39 is 5.54 Å². The van der Waals surface area contributed by atoms with Gasteiger partial charge in [-0.05, 0) is 74.8 Å². The topological polar surface area (TPSA) is 54.3 Å². The highest BCUT2D eigenvalue weighted by Gasteiger charge is 2.48. The van der Waals surface area contributed by atoms with Gasteiger partial charge in [-0.25, -0.2) is 4.39 Å². The van der Waals surface area contributed by atoms with E-state index in [0.717, 1.165) is 47.9 Å². The summed E-state index contributed by atoms with van der Waals surface area (Å²) in [7, 11) is 0. The van der Waals surface area contributed by atoms with E-state index in [4.69, 9.17) is 0 Å². The first-order valence-electron chi connectivity index (χ1n) is 12.3. The van der Waals surface area contributed by atoms with Crippen LogP contribution in [0.1, 0.15) is 67.4 Å². The highest BCUT2D eigenvalue weighted by molar-refractivity contribution is 7.19. The molecular formula is C27H32FN3O2S. The van der Waals surface area contributed by atoms with Gasteiger partial charge < -0.3 is 14.8 Å². The number of nitrogens with zero attached hydrogens (tertiary/aromatic N) is 2. The van der Waals surface area contributed by atoms with Crippen LogP contribution < -0.4 is 5.32 Å². The Bertz CT molecular complexity index is 1220.